The zero-order valence-electron chi connectivity index (χ0n) is 16.1. The zero-order valence-corrected chi connectivity index (χ0v) is 18.6. The highest BCUT2D eigenvalue weighted by atomic mass is 35.5. The second-order valence-corrected chi connectivity index (χ2v) is 6.91. The van der Waals surface area contributed by atoms with Gasteiger partial charge in [0.15, 0.2) is 0 Å². The molecule has 1 aliphatic heterocycles. The van der Waals surface area contributed by atoms with Crippen LogP contribution in [0.1, 0.15) is 11.1 Å². The summed E-state index contributed by atoms with van der Waals surface area (Å²) in [4.78, 5) is 18.0. The minimum Gasteiger partial charge on any atom is -0.329 e. The number of aromatic nitrogens is 2. The van der Waals surface area contributed by atoms with Gasteiger partial charge in [0.25, 0.3) is 5.56 Å². The number of rotatable bonds is 4. The normalized spacial score (nSPS) is 11.2. The van der Waals surface area contributed by atoms with E-state index in [2.05, 4.69) is 17.4 Å². The van der Waals surface area contributed by atoms with Crippen LogP contribution < -0.4 is 16.6 Å². The molecule has 3 N–H and O–H groups in total. The molecule has 0 atom stereocenters. The molecule has 2 aromatic heterocycles. The first-order valence-corrected chi connectivity index (χ1v) is 9.22. The summed E-state index contributed by atoms with van der Waals surface area (Å²) in [6, 6.07) is 18.0. The van der Waals surface area contributed by atoms with E-state index in [0.717, 1.165) is 45.2 Å². The molecule has 0 radical (unpaired) electrons. The third kappa shape index (κ3) is 3.80. The van der Waals surface area contributed by atoms with E-state index in [0.29, 0.717) is 19.6 Å². The molecule has 5 nitrogen and oxygen atoms in total. The second-order valence-electron chi connectivity index (χ2n) is 6.91. The number of nitrogens with two attached hydrogens (primary N) is 1. The van der Waals surface area contributed by atoms with Gasteiger partial charge < -0.3 is 15.6 Å². The Morgan fingerprint density at radius 2 is 1.70 bits per heavy atom. The molecule has 158 valence electrons. The first-order chi connectivity index (χ1) is 13.3. The molecular formula is C22H23Cl3N4O. The third-order valence-electron chi connectivity index (χ3n) is 5.31. The van der Waals surface area contributed by atoms with Crippen LogP contribution in [0.15, 0.2) is 59.4 Å². The minimum absolute atomic E-state index is 0. The summed E-state index contributed by atoms with van der Waals surface area (Å²) < 4.78 is 1.85. The molecule has 4 aromatic rings. The topological polar surface area (TPSA) is 72.9 Å². The van der Waals surface area contributed by atoms with Crippen LogP contribution in [0.5, 0.6) is 0 Å². The molecule has 0 spiro atoms. The Labute approximate surface area is 192 Å². The summed E-state index contributed by atoms with van der Waals surface area (Å²) in [7, 11) is 0. The number of nitrogens with zero attached hydrogens (tertiary/aromatic N) is 2. The largest absolute Gasteiger partial charge is 0.329 e. The van der Waals surface area contributed by atoms with Gasteiger partial charge in [0.05, 0.1) is 23.4 Å². The number of nitrogens with one attached hydrogen (secondary N) is 1. The van der Waals surface area contributed by atoms with Gasteiger partial charge in [0, 0.05) is 36.0 Å². The lowest BCUT2D eigenvalue weighted by atomic mass is 10.0. The van der Waals surface area contributed by atoms with E-state index in [9.17, 15) is 4.79 Å². The van der Waals surface area contributed by atoms with Crippen molar-refractivity contribution in [3.63, 3.8) is 0 Å². The van der Waals surface area contributed by atoms with E-state index in [1.54, 1.807) is 0 Å². The highest BCUT2D eigenvalue weighted by Crippen LogP contribution is 2.36. The number of pyridine rings is 2. The van der Waals surface area contributed by atoms with Crippen LogP contribution in [0.25, 0.3) is 33.1 Å². The maximum atomic E-state index is 13.1. The maximum absolute atomic E-state index is 13.1. The fraction of sp³-hybridized carbons (Fsp3) is 0.182. The number of halogens is 3. The number of benzene rings is 2. The highest BCUT2D eigenvalue weighted by molar-refractivity contribution is 5.91. The van der Waals surface area contributed by atoms with Gasteiger partial charge in [-0.1, -0.05) is 36.4 Å². The van der Waals surface area contributed by atoms with E-state index in [1.807, 2.05) is 47.0 Å². The summed E-state index contributed by atoms with van der Waals surface area (Å²) in [6.45, 7) is 2.62. The number of para-hydroxylation sites is 1. The van der Waals surface area contributed by atoms with Gasteiger partial charge in [-0.25, -0.2) is 4.98 Å². The van der Waals surface area contributed by atoms with Crippen LogP contribution in [0.4, 0.5) is 0 Å². The van der Waals surface area contributed by atoms with E-state index in [1.165, 1.54) is 5.56 Å². The zero-order chi connectivity index (χ0) is 18.4. The first-order valence-electron chi connectivity index (χ1n) is 9.22. The number of hydrogen-bond donors (Lipinski definition) is 2. The number of hydrogen-bond acceptors (Lipinski definition) is 4. The molecule has 2 aromatic carbocycles. The standard InChI is InChI=1S/C22H20N4O.3ClH/c23-9-10-24-12-17-16-7-3-4-8-19(16)25-21-18(17)13-26-20(21)11-14-5-1-2-6-15(14)22(26)27;;;/h1-8,11,24H,9-10,12-13,23H2;3*1H. The fourth-order valence-corrected chi connectivity index (χ4v) is 4.03. The Hall–Kier alpha value is -2.15. The molecule has 0 fully saturated rings. The summed E-state index contributed by atoms with van der Waals surface area (Å²) in [6.07, 6.45) is 0. The van der Waals surface area contributed by atoms with Crippen molar-refractivity contribution < 1.29 is 0 Å². The Balaban J connectivity index is 0.00000107. The lowest BCUT2D eigenvalue weighted by Crippen LogP contribution is -2.23. The van der Waals surface area contributed by atoms with Gasteiger partial charge in [-0.05, 0) is 29.1 Å². The third-order valence-corrected chi connectivity index (χ3v) is 5.31. The SMILES string of the molecule is Cl.Cl.Cl.NCCNCc1c2c(nc3ccccc13)-c1cc3ccccc3c(=O)n1C2. The monoisotopic (exact) mass is 464 g/mol. The van der Waals surface area contributed by atoms with Crippen molar-refractivity contribution in [2.75, 3.05) is 13.1 Å². The van der Waals surface area contributed by atoms with Gasteiger partial charge in [-0.15, -0.1) is 37.2 Å². The lowest BCUT2D eigenvalue weighted by Gasteiger charge is -2.12. The summed E-state index contributed by atoms with van der Waals surface area (Å²) in [5, 5.41) is 6.25. The molecule has 0 aliphatic carbocycles. The number of fused-ring (bicyclic) bond motifs is 5. The van der Waals surface area contributed by atoms with Crippen LogP contribution in [-0.2, 0) is 13.1 Å². The predicted molar refractivity (Wildman–Crippen MR) is 131 cm³/mol. The molecule has 0 saturated heterocycles. The second kappa shape index (κ2) is 9.77. The smallest absolute Gasteiger partial charge is 0.259 e. The van der Waals surface area contributed by atoms with Gasteiger partial charge in [0.2, 0.25) is 0 Å². The fourth-order valence-electron chi connectivity index (χ4n) is 4.03. The van der Waals surface area contributed by atoms with Crippen LogP contribution >= 0.6 is 37.2 Å². The van der Waals surface area contributed by atoms with E-state index < -0.39 is 0 Å². The molecule has 30 heavy (non-hydrogen) atoms. The quantitative estimate of drug-likeness (QED) is 0.395. The molecule has 1 aliphatic rings. The van der Waals surface area contributed by atoms with Crippen molar-refractivity contribution in [3.05, 3.63) is 76.1 Å². The van der Waals surface area contributed by atoms with Gasteiger partial charge in [0.1, 0.15) is 0 Å². The first kappa shape index (κ1) is 24.1. The Morgan fingerprint density at radius 1 is 1.00 bits per heavy atom. The van der Waals surface area contributed by atoms with Crippen molar-refractivity contribution in [2.24, 2.45) is 5.73 Å². The average Bonchev–Trinajstić information content (AvgIpc) is 3.06. The van der Waals surface area contributed by atoms with E-state index >= 15 is 0 Å². The molecule has 5 rings (SSSR count). The summed E-state index contributed by atoms with van der Waals surface area (Å²) >= 11 is 0. The molecule has 3 heterocycles. The maximum Gasteiger partial charge on any atom is 0.259 e. The van der Waals surface area contributed by atoms with Gasteiger partial charge >= 0.3 is 0 Å². The van der Waals surface area contributed by atoms with Crippen molar-refractivity contribution in [1.29, 1.82) is 0 Å². The molecule has 0 bridgehead atoms. The van der Waals surface area contributed by atoms with Crippen LogP contribution in [-0.4, -0.2) is 22.6 Å². The summed E-state index contributed by atoms with van der Waals surface area (Å²) in [5.74, 6) is 0. The van der Waals surface area contributed by atoms with Crippen molar-refractivity contribution >= 4 is 58.9 Å². The Morgan fingerprint density at radius 3 is 2.47 bits per heavy atom. The molecule has 0 unspecified atom stereocenters. The lowest BCUT2D eigenvalue weighted by molar-refractivity contribution is 0.689. The van der Waals surface area contributed by atoms with Crippen molar-refractivity contribution in [1.82, 2.24) is 14.9 Å². The Bertz CT molecular complexity index is 1260. The van der Waals surface area contributed by atoms with Crippen molar-refractivity contribution in [3.8, 4) is 11.4 Å². The average molecular weight is 466 g/mol. The Kier molecular flexibility index (Phi) is 7.86. The minimum atomic E-state index is 0. The van der Waals surface area contributed by atoms with Crippen LogP contribution in [0.3, 0.4) is 0 Å². The highest BCUT2D eigenvalue weighted by Gasteiger charge is 2.26. The van der Waals surface area contributed by atoms with Crippen molar-refractivity contribution in [2.45, 2.75) is 13.1 Å². The van der Waals surface area contributed by atoms with E-state index in [4.69, 9.17) is 10.7 Å². The molecule has 0 saturated carbocycles. The molecule has 8 heteroatoms. The predicted octanol–water partition coefficient (Wildman–Crippen LogP) is 3.89. The molecule has 0 amide bonds. The van der Waals surface area contributed by atoms with E-state index in [-0.39, 0.29) is 42.8 Å². The molecular weight excluding hydrogens is 443 g/mol. The van der Waals surface area contributed by atoms with Gasteiger partial charge in [-0.3, -0.25) is 4.79 Å². The van der Waals surface area contributed by atoms with Crippen LogP contribution in [0, 0.1) is 0 Å². The van der Waals surface area contributed by atoms with Gasteiger partial charge in [-0.2, -0.15) is 0 Å². The van der Waals surface area contributed by atoms with Crippen LogP contribution in [0.2, 0.25) is 0 Å². The summed E-state index contributed by atoms with van der Waals surface area (Å²) in [5.41, 5.74) is 10.8.